The molecule has 0 saturated heterocycles. The van der Waals surface area contributed by atoms with E-state index < -0.39 is 0 Å². The summed E-state index contributed by atoms with van der Waals surface area (Å²) < 4.78 is 0. The molecule has 0 unspecified atom stereocenters. The minimum Gasteiger partial charge on any atom is -0.361 e. The Bertz CT molecular complexity index is 353. The predicted molar refractivity (Wildman–Crippen MR) is 48.0 cm³/mol. The van der Waals surface area contributed by atoms with Crippen molar-refractivity contribution in [2.75, 3.05) is 0 Å². The summed E-state index contributed by atoms with van der Waals surface area (Å²) in [6.07, 6.45) is 1.92. The summed E-state index contributed by atoms with van der Waals surface area (Å²) in [7, 11) is 0. The molecule has 1 heterocycles. The number of H-pyrrole nitrogens is 1. The molecule has 0 atom stereocenters. The third-order valence-electron chi connectivity index (χ3n) is 1.83. The molecule has 0 amide bonds. The summed E-state index contributed by atoms with van der Waals surface area (Å²) in [5, 5.41) is 2.03. The maximum absolute atomic E-state index is 5.92. The number of fused-ring (bicyclic) bond motifs is 1. The number of halogens is 1. The second-order valence-corrected chi connectivity index (χ2v) is 3.07. The normalized spacial score (nSPS) is 10.7. The number of aryl methyl sites for hydroxylation is 1. The van der Waals surface area contributed by atoms with Crippen LogP contribution in [0, 0.1) is 6.92 Å². The predicted octanol–water partition coefficient (Wildman–Crippen LogP) is 3.13. The summed E-state index contributed by atoms with van der Waals surface area (Å²) in [4.78, 5) is 3.10. The average Bonchev–Trinajstić information content (AvgIpc) is 2.36. The maximum atomic E-state index is 5.92. The molecule has 0 spiro atoms. The number of rotatable bonds is 0. The third kappa shape index (κ3) is 1.02. The first-order valence-corrected chi connectivity index (χ1v) is 3.88. The zero-order valence-electron chi connectivity index (χ0n) is 6.19. The molecule has 11 heavy (non-hydrogen) atoms. The first kappa shape index (κ1) is 6.74. The quantitative estimate of drug-likeness (QED) is 0.618. The van der Waals surface area contributed by atoms with Gasteiger partial charge in [0, 0.05) is 16.7 Å². The molecule has 56 valence electrons. The van der Waals surface area contributed by atoms with Gasteiger partial charge in [-0.2, -0.15) is 0 Å². The number of benzene rings is 1. The van der Waals surface area contributed by atoms with Crippen LogP contribution in [0.25, 0.3) is 10.9 Å². The lowest BCUT2D eigenvalue weighted by Gasteiger charge is -1.96. The van der Waals surface area contributed by atoms with E-state index in [-0.39, 0.29) is 0 Å². The highest BCUT2D eigenvalue weighted by Crippen LogP contribution is 2.21. The van der Waals surface area contributed by atoms with Crippen molar-refractivity contribution in [2.45, 2.75) is 6.92 Å². The highest BCUT2D eigenvalue weighted by Gasteiger charge is 1.98. The molecule has 2 aromatic rings. The zero-order valence-corrected chi connectivity index (χ0v) is 6.94. The van der Waals surface area contributed by atoms with Gasteiger partial charge in [-0.15, -0.1) is 0 Å². The molecular formula is C9H8ClN. The topological polar surface area (TPSA) is 15.8 Å². The molecule has 1 N–H and O–H groups in total. The van der Waals surface area contributed by atoms with E-state index in [2.05, 4.69) is 11.1 Å². The molecule has 0 radical (unpaired) electrons. The maximum Gasteiger partial charge on any atom is 0.0469 e. The standard InChI is InChI=1S/C9H8ClN/c1-6-4-7-2-3-11-9(7)5-8(6)10/h2-5,11H,1H3. The van der Waals surface area contributed by atoms with Crippen LogP contribution < -0.4 is 0 Å². The van der Waals surface area contributed by atoms with Crippen molar-refractivity contribution in [1.82, 2.24) is 4.98 Å². The Kier molecular flexibility index (Phi) is 1.40. The number of nitrogens with one attached hydrogen (secondary N) is 1. The molecule has 0 aliphatic carbocycles. The second-order valence-electron chi connectivity index (χ2n) is 2.67. The van der Waals surface area contributed by atoms with Crippen LogP contribution in [-0.4, -0.2) is 4.98 Å². The third-order valence-corrected chi connectivity index (χ3v) is 2.24. The van der Waals surface area contributed by atoms with Gasteiger partial charge in [-0.1, -0.05) is 11.6 Å². The fraction of sp³-hybridized carbons (Fsp3) is 0.111. The van der Waals surface area contributed by atoms with E-state index in [4.69, 9.17) is 11.6 Å². The minimum atomic E-state index is 0.819. The molecule has 1 aromatic heterocycles. The van der Waals surface area contributed by atoms with Crippen LogP contribution in [0.4, 0.5) is 0 Å². The lowest BCUT2D eigenvalue weighted by Crippen LogP contribution is -1.74. The first-order valence-electron chi connectivity index (χ1n) is 3.50. The summed E-state index contributed by atoms with van der Waals surface area (Å²) >= 11 is 5.92. The van der Waals surface area contributed by atoms with Crippen molar-refractivity contribution in [2.24, 2.45) is 0 Å². The smallest absolute Gasteiger partial charge is 0.0469 e. The molecular weight excluding hydrogens is 158 g/mol. The zero-order chi connectivity index (χ0) is 7.84. The monoisotopic (exact) mass is 165 g/mol. The average molecular weight is 166 g/mol. The summed E-state index contributed by atoms with van der Waals surface area (Å²) in [5.74, 6) is 0. The van der Waals surface area contributed by atoms with E-state index >= 15 is 0 Å². The van der Waals surface area contributed by atoms with E-state index in [1.165, 1.54) is 5.39 Å². The highest BCUT2D eigenvalue weighted by molar-refractivity contribution is 6.32. The van der Waals surface area contributed by atoms with Crippen LogP contribution in [0.1, 0.15) is 5.56 Å². The van der Waals surface area contributed by atoms with E-state index in [0.717, 1.165) is 16.1 Å². The van der Waals surface area contributed by atoms with Gasteiger partial charge in [-0.3, -0.25) is 0 Å². The van der Waals surface area contributed by atoms with Gasteiger partial charge >= 0.3 is 0 Å². The lowest BCUT2D eigenvalue weighted by atomic mass is 10.2. The highest BCUT2D eigenvalue weighted by atomic mass is 35.5. The second kappa shape index (κ2) is 2.28. The van der Waals surface area contributed by atoms with E-state index in [1.54, 1.807) is 0 Å². The van der Waals surface area contributed by atoms with Crippen molar-refractivity contribution in [3.63, 3.8) is 0 Å². The molecule has 0 bridgehead atoms. The Labute approximate surface area is 70.0 Å². The fourth-order valence-electron chi connectivity index (χ4n) is 1.19. The van der Waals surface area contributed by atoms with Gasteiger partial charge in [0.1, 0.15) is 0 Å². The van der Waals surface area contributed by atoms with Crippen LogP contribution in [0.5, 0.6) is 0 Å². The molecule has 2 heteroatoms. The number of hydrogen-bond acceptors (Lipinski definition) is 0. The summed E-state index contributed by atoms with van der Waals surface area (Å²) in [5.41, 5.74) is 2.22. The minimum absolute atomic E-state index is 0.819. The number of aromatic nitrogens is 1. The Balaban J connectivity index is 2.86. The lowest BCUT2D eigenvalue weighted by molar-refractivity contribution is 1.46. The largest absolute Gasteiger partial charge is 0.361 e. The van der Waals surface area contributed by atoms with Gasteiger partial charge in [0.15, 0.2) is 0 Å². The fourth-order valence-corrected chi connectivity index (χ4v) is 1.35. The van der Waals surface area contributed by atoms with Gasteiger partial charge in [0.05, 0.1) is 0 Å². The molecule has 0 saturated carbocycles. The van der Waals surface area contributed by atoms with Gasteiger partial charge < -0.3 is 4.98 Å². The van der Waals surface area contributed by atoms with Crippen LogP contribution in [0.3, 0.4) is 0 Å². The molecule has 0 aliphatic heterocycles. The van der Waals surface area contributed by atoms with Crippen molar-refractivity contribution in [3.05, 3.63) is 35.0 Å². The molecule has 1 nitrogen and oxygen atoms in total. The Morgan fingerprint density at radius 2 is 2.18 bits per heavy atom. The van der Waals surface area contributed by atoms with Crippen molar-refractivity contribution >= 4 is 22.5 Å². The van der Waals surface area contributed by atoms with Crippen LogP contribution in [0.15, 0.2) is 24.4 Å². The van der Waals surface area contributed by atoms with E-state index in [0.29, 0.717) is 0 Å². The Morgan fingerprint density at radius 3 is 3.00 bits per heavy atom. The first-order chi connectivity index (χ1) is 5.27. The van der Waals surface area contributed by atoms with Gasteiger partial charge in [-0.05, 0) is 36.1 Å². The van der Waals surface area contributed by atoms with Crippen LogP contribution in [0.2, 0.25) is 5.02 Å². The number of aromatic amines is 1. The summed E-state index contributed by atoms with van der Waals surface area (Å²) in [6, 6.07) is 6.07. The van der Waals surface area contributed by atoms with Crippen molar-refractivity contribution in [3.8, 4) is 0 Å². The van der Waals surface area contributed by atoms with E-state index in [9.17, 15) is 0 Å². The van der Waals surface area contributed by atoms with Gasteiger partial charge in [0.25, 0.3) is 0 Å². The van der Waals surface area contributed by atoms with E-state index in [1.807, 2.05) is 25.3 Å². The van der Waals surface area contributed by atoms with Gasteiger partial charge in [0.2, 0.25) is 0 Å². The van der Waals surface area contributed by atoms with Crippen LogP contribution >= 0.6 is 11.6 Å². The summed E-state index contributed by atoms with van der Waals surface area (Å²) in [6.45, 7) is 2.01. The molecule has 2 rings (SSSR count). The van der Waals surface area contributed by atoms with Crippen molar-refractivity contribution < 1.29 is 0 Å². The van der Waals surface area contributed by atoms with Gasteiger partial charge in [-0.25, -0.2) is 0 Å². The SMILES string of the molecule is Cc1cc2cc[nH]c2cc1Cl. The van der Waals surface area contributed by atoms with Crippen molar-refractivity contribution in [1.29, 1.82) is 0 Å². The molecule has 0 aliphatic rings. The Hall–Kier alpha value is -0.950. The number of hydrogen-bond donors (Lipinski definition) is 1. The Morgan fingerprint density at radius 1 is 1.36 bits per heavy atom. The van der Waals surface area contributed by atoms with Crippen LogP contribution in [-0.2, 0) is 0 Å². The molecule has 1 aromatic carbocycles. The molecule has 0 fully saturated rings.